The molecular formula is C31H52O2. The molecule has 2 heteroatoms. The molecule has 0 aromatic heterocycles. The molecule has 0 N–H and O–H groups in total. The molecule has 0 amide bonds. The van der Waals surface area contributed by atoms with Crippen molar-refractivity contribution in [3.8, 4) is 0 Å². The zero-order valence-electron chi connectivity index (χ0n) is 22.5. The highest BCUT2D eigenvalue weighted by molar-refractivity contribution is 5.69. The molecule has 4 aliphatic rings. The third-order valence-corrected chi connectivity index (χ3v) is 10.9. The van der Waals surface area contributed by atoms with Crippen molar-refractivity contribution in [3.63, 3.8) is 0 Å². The molecule has 0 aromatic rings. The first-order chi connectivity index (χ1) is 15.8. The van der Waals surface area contributed by atoms with Gasteiger partial charge in [0, 0.05) is 12.8 Å². The van der Waals surface area contributed by atoms with Gasteiger partial charge in [-0.3, -0.25) is 4.79 Å². The molecule has 3 fully saturated rings. The number of fused-ring (bicyclic) bond motifs is 5. The van der Waals surface area contributed by atoms with E-state index in [1.165, 1.54) is 64.2 Å². The molecule has 188 valence electrons. The van der Waals surface area contributed by atoms with Crippen LogP contribution in [0.1, 0.15) is 131 Å². The number of carbonyl (C=O) groups excluding carboxylic acids is 1. The first-order valence-electron chi connectivity index (χ1n) is 14.7. The minimum Gasteiger partial charge on any atom is -0.462 e. The molecule has 4 rings (SSSR count). The van der Waals surface area contributed by atoms with Crippen molar-refractivity contribution in [2.75, 3.05) is 0 Å². The lowest BCUT2D eigenvalue weighted by molar-refractivity contribution is -0.151. The predicted molar refractivity (Wildman–Crippen MR) is 138 cm³/mol. The smallest absolute Gasteiger partial charge is 0.306 e. The van der Waals surface area contributed by atoms with Crippen LogP contribution in [0.25, 0.3) is 0 Å². The van der Waals surface area contributed by atoms with Crippen LogP contribution in [0, 0.1) is 40.4 Å². The maximum atomic E-state index is 12.2. The largest absolute Gasteiger partial charge is 0.462 e. The highest BCUT2D eigenvalue weighted by Gasteiger charge is 2.58. The topological polar surface area (TPSA) is 26.3 Å². The summed E-state index contributed by atoms with van der Waals surface area (Å²) in [6, 6.07) is 0. The Labute approximate surface area is 204 Å². The fraction of sp³-hybridized carbons (Fsp3) is 0.903. The van der Waals surface area contributed by atoms with Crippen molar-refractivity contribution in [1.29, 1.82) is 0 Å². The normalized spacial score (nSPS) is 40.1. The molecule has 2 nitrogen and oxygen atoms in total. The van der Waals surface area contributed by atoms with Crippen molar-refractivity contribution < 1.29 is 9.53 Å². The number of unbranched alkanes of at least 4 members (excludes halogenated alkanes) is 2. The molecule has 0 aromatic carbocycles. The zero-order chi connectivity index (χ0) is 23.6. The summed E-state index contributed by atoms with van der Waals surface area (Å²) in [6.45, 7) is 12.1. The number of ether oxygens (including phenoxy) is 1. The monoisotopic (exact) mass is 456 g/mol. The lowest BCUT2D eigenvalue weighted by atomic mass is 9.47. The van der Waals surface area contributed by atoms with Crippen molar-refractivity contribution in [1.82, 2.24) is 0 Å². The van der Waals surface area contributed by atoms with Gasteiger partial charge in [0.05, 0.1) is 0 Å². The minimum absolute atomic E-state index is 0.0264. The van der Waals surface area contributed by atoms with Gasteiger partial charge >= 0.3 is 5.97 Å². The fourth-order valence-corrected chi connectivity index (χ4v) is 8.82. The van der Waals surface area contributed by atoms with Gasteiger partial charge in [-0.25, -0.2) is 0 Å². The number of rotatable bonds is 9. The molecule has 0 spiro atoms. The number of carbonyl (C=O) groups is 1. The standard InChI is InChI=1S/C31H52O2/c1-6-7-12-29(32)33-25-17-19-31(5)24(21-25)13-15-26-27-16-14-23(11-9-8-10-22(2)3)30(27,4)20-18-28(26)31/h13,22-23,25-28H,6-12,14-21H2,1-5H3. The van der Waals surface area contributed by atoms with Crippen LogP contribution in [-0.4, -0.2) is 12.1 Å². The summed E-state index contributed by atoms with van der Waals surface area (Å²) in [6.07, 6.45) is 21.5. The molecule has 0 radical (unpaired) electrons. The Kier molecular flexibility index (Phi) is 8.01. The van der Waals surface area contributed by atoms with Crippen LogP contribution in [0.3, 0.4) is 0 Å². The second-order valence-electron chi connectivity index (χ2n) is 13.2. The van der Waals surface area contributed by atoms with E-state index in [0.717, 1.165) is 55.3 Å². The Hall–Kier alpha value is -0.790. The molecule has 3 saturated carbocycles. The van der Waals surface area contributed by atoms with Crippen LogP contribution < -0.4 is 0 Å². The quantitative estimate of drug-likeness (QED) is 0.197. The van der Waals surface area contributed by atoms with Crippen LogP contribution >= 0.6 is 0 Å². The molecule has 7 unspecified atom stereocenters. The first-order valence-corrected chi connectivity index (χ1v) is 14.7. The zero-order valence-corrected chi connectivity index (χ0v) is 22.5. The Morgan fingerprint density at radius 2 is 1.88 bits per heavy atom. The third-order valence-electron chi connectivity index (χ3n) is 10.9. The SMILES string of the molecule is CCCCC(=O)OC1CCC2(C)C(=CCC3C2CCC2(C)C(CCCCC(C)C)CCC32)C1. The number of esters is 1. The van der Waals surface area contributed by atoms with Crippen molar-refractivity contribution in [2.45, 2.75) is 137 Å². The van der Waals surface area contributed by atoms with Crippen LogP contribution in [0.4, 0.5) is 0 Å². The summed E-state index contributed by atoms with van der Waals surface area (Å²) < 4.78 is 5.90. The third kappa shape index (κ3) is 5.11. The van der Waals surface area contributed by atoms with Gasteiger partial charge in [-0.15, -0.1) is 0 Å². The van der Waals surface area contributed by atoms with Gasteiger partial charge in [0.15, 0.2) is 0 Å². The van der Waals surface area contributed by atoms with E-state index in [4.69, 9.17) is 4.74 Å². The molecule has 33 heavy (non-hydrogen) atoms. The molecule has 0 heterocycles. The Morgan fingerprint density at radius 1 is 1.06 bits per heavy atom. The van der Waals surface area contributed by atoms with E-state index in [-0.39, 0.29) is 12.1 Å². The summed E-state index contributed by atoms with van der Waals surface area (Å²) in [7, 11) is 0. The summed E-state index contributed by atoms with van der Waals surface area (Å²) >= 11 is 0. The van der Waals surface area contributed by atoms with Crippen LogP contribution in [-0.2, 0) is 9.53 Å². The Balaban J connectivity index is 1.39. The molecule has 0 aliphatic heterocycles. The van der Waals surface area contributed by atoms with Crippen molar-refractivity contribution in [2.24, 2.45) is 40.4 Å². The Bertz CT molecular complexity index is 708. The maximum absolute atomic E-state index is 12.2. The molecular weight excluding hydrogens is 404 g/mol. The van der Waals surface area contributed by atoms with E-state index in [1.54, 1.807) is 5.57 Å². The van der Waals surface area contributed by atoms with E-state index in [1.807, 2.05) is 0 Å². The van der Waals surface area contributed by atoms with E-state index < -0.39 is 0 Å². The van der Waals surface area contributed by atoms with Crippen LogP contribution in [0.2, 0.25) is 0 Å². The molecule has 0 saturated heterocycles. The van der Waals surface area contributed by atoms with Gasteiger partial charge in [0.1, 0.15) is 6.10 Å². The van der Waals surface area contributed by atoms with Crippen LogP contribution in [0.15, 0.2) is 11.6 Å². The van der Waals surface area contributed by atoms with Gasteiger partial charge in [-0.1, -0.05) is 72.0 Å². The van der Waals surface area contributed by atoms with Crippen molar-refractivity contribution >= 4 is 5.97 Å². The second-order valence-corrected chi connectivity index (χ2v) is 13.2. The first kappa shape index (κ1) is 25.3. The van der Waals surface area contributed by atoms with Gasteiger partial charge in [0.2, 0.25) is 0 Å². The number of allylic oxidation sites excluding steroid dienone is 1. The van der Waals surface area contributed by atoms with E-state index in [9.17, 15) is 4.79 Å². The van der Waals surface area contributed by atoms with Gasteiger partial charge < -0.3 is 4.74 Å². The molecule has 0 bridgehead atoms. The summed E-state index contributed by atoms with van der Waals surface area (Å²) in [4.78, 5) is 12.2. The maximum Gasteiger partial charge on any atom is 0.306 e. The lowest BCUT2D eigenvalue weighted by Crippen LogP contribution is -2.50. The predicted octanol–water partition coefficient (Wildman–Crippen LogP) is 8.88. The summed E-state index contributed by atoms with van der Waals surface area (Å²) in [5.74, 6) is 4.52. The summed E-state index contributed by atoms with van der Waals surface area (Å²) in [5.41, 5.74) is 2.58. The second kappa shape index (κ2) is 10.4. The van der Waals surface area contributed by atoms with Gasteiger partial charge in [0.25, 0.3) is 0 Å². The molecule has 7 atom stereocenters. The van der Waals surface area contributed by atoms with E-state index in [0.29, 0.717) is 17.3 Å². The fourth-order valence-electron chi connectivity index (χ4n) is 8.82. The van der Waals surface area contributed by atoms with Gasteiger partial charge in [-0.05, 0) is 98.2 Å². The molecule has 4 aliphatic carbocycles. The van der Waals surface area contributed by atoms with E-state index in [2.05, 4.69) is 40.7 Å². The Morgan fingerprint density at radius 3 is 2.64 bits per heavy atom. The highest BCUT2D eigenvalue weighted by Crippen LogP contribution is 2.66. The average Bonchev–Trinajstić information content (AvgIpc) is 3.11. The number of hydrogen-bond donors (Lipinski definition) is 0. The lowest BCUT2D eigenvalue weighted by Gasteiger charge is -2.58. The van der Waals surface area contributed by atoms with Crippen LogP contribution in [0.5, 0.6) is 0 Å². The van der Waals surface area contributed by atoms with E-state index >= 15 is 0 Å². The summed E-state index contributed by atoms with van der Waals surface area (Å²) in [5, 5.41) is 0. The van der Waals surface area contributed by atoms with Crippen molar-refractivity contribution in [3.05, 3.63) is 11.6 Å². The highest BCUT2D eigenvalue weighted by atomic mass is 16.5. The van der Waals surface area contributed by atoms with Gasteiger partial charge in [-0.2, -0.15) is 0 Å². The average molecular weight is 457 g/mol. The minimum atomic E-state index is 0.0264. The number of hydrogen-bond acceptors (Lipinski definition) is 2.